The van der Waals surface area contributed by atoms with Crippen LogP contribution in [0.5, 0.6) is 0 Å². The number of H-pyrrole nitrogens is 1. The van der Waals surface area contributed by atoms with Gasteiger partial charge in [-0.25, -0.2) is 0 Å². The number of hydrogen-bond acceptors (Lipinski definition) is 3. The minimum Gasteiger partial charge on any atom is -0.364 e. The lowest BCUT2D eigenvalue weighted by Crippen LogP contribution is -2.39. The van der Waals surface area contributed by atoms with Crippen molar-refractivity contribution < 1.29 is 9.59 Å². The molecular formula is C13H19N3O3. The molecule has 0 spiro atoms. The molecule has 6 heteroatoms. The van der Waals surface area contributed by atoms with Crippen LogP contribution >= 0.6 is 0 Å². The van der Waals surface area contributed by atoms with Crippen molar-refractivity contribution in [3.8, 4) is 0 Å². The molecule has 1 aromatic rings. The minimum atomic E-state index is -0.555. The highest BCUT2D eigenvalue weighted by Gasteiger charge is 2.11. The fraction of sp³-hybridized carbons (Fsp3) is 0.462. The summed E-state index contributed by atoms with van der Waals surface area (Å²) in [4.78, 5) is 37.5. The average molecular weight is 265 g/mol. The van der Waals surface area contributed by atoms with Gasteiger partial charge in [0.2, 0.25) is 5.91 Å². The zero-order valence-electron chi connectivity index (χ0n) is 11.4. The zero-order chi connectivity index (χ0) is 14.4. The van der Waals surface area contributed by atoms with Crippen LogP contribution in [0.1, 0.15) is 29.9 Å². The molecule has 0 aliphatic heterocycles. The second-order valence-electron chi connectivity index (χ2n) is 4.77. The van der Waals surface area contributed by atoms with E-state index in [1.165, 1.54) is 12.3 Å². The maximum Gasteiger partial charge on any atom is 0.257 e. The van der Waals surface area contributed by atoms with Gasteiger partial charge in [-0.05, 0) is 12.8 Å². The predicted molar refractivity (Wildman–Crippen MR) is 72.0 cm³/mol. The van der Waals surface area contributed by atoms with E-state index in [1.807, 2.05) is 13.8 Å². The lowest BCUT2D eigenvalue weighted by Gasteiger charge is -2.08. The quantitative estimate of drug-likeness (QED) is 0.709. The Morgan fingerprint density at radius 2 is 2.00 bits per heavy atom. The third-order valence-corrected chi connectivity index (χ3v) is 2.42. The van der Waals surface area contributed by atoms with Crippen LogP contribution in [-0.2, 0) is 4.79 Å². The summed E-state index contributed by atoms with van der Waals surface area (Å²) in [7, 11) is 0. The summed E-state index contributed by atoms with van der Waals surface area (Å²) in [6.45, 7) is 6.09. The van der Waals surface area contributed by atoms with Gasteiger partial charge in [-0.3, -0.25) is 14.4 Å². The zero-order valence-corrected chi connectivity index (χ0v) is 11.4. The standard InChI is InChI=1S/C13H19N3O3/c1-8(2)5-15-12(18)7-16-13(19)10-6-14-9(3)4-11(10)17/h4,6,8H,5,7H2,1-3H3,(H,14,17)(H,15,18)(H,16,19). The van der Waals surface area contributed by atoms with Crippen LogP contribution in [0, 0.1) is 12.8 Å². The number of aryl methyl sites for hydroxylation is 1. The van der Waals surface area contributed by atoms with Gasteiger partial charge in [0.15, 0.2) is 5.43 Å². The lowest BCUT2D eigenvalue weighted by molar-refractivity contribution is -0.120. The second kappa shape index (κ2) is 6.72. The highest BCUT2D eigenvalue weighted by Crippen LogP contribution is 1.92. The molecule has 1 aromatic heterocycles. The smallest absolute Gasteiger partial charge is 0.257 e. The normalized spacial score (nSPS) is 10.3. The maximum absolute atomic E-state index is 11.7. The predicted octanol–water partition coefficient (Wildman–Crippen LogP) is 0.185. The molecule has 0 aliphatic carbocycles. The van der Waals surface area contributed by atoms with Gasteiger partial charge in [-0.2, -0.15) is 0 Å². The third kappa shape index (κ3) is 4.95. The molecule has 0 saturated carbocycles. The molecule has 104 valence electrons. The van der Waals surface area contributed by atoms with E-state index >= 15 is 0 Å². The average Bonchev–Trinajstić information content (AvgIpc) is 2.33. The molecule has 0 bridgehead atoms. The number of hydrogen-bond donors (Lipinski definition) is 3. The van der Waals surface area contributed by atoms with Crippen LogP contribution in [0.25, 0.3) is 0 Å². The second-order valence-corrected chi connectivity index (χ2v) is 4.77. The first kappa shape index (κ1) is 14.9. The van der Waals surface area contributed by atoms with Crippen molar-refractivity contribution in [2.75, 3.05) is 13.1 Å². The van der Waals surface area contributed by atoms with Crippen molar-refractivity contribution in [2.24, 2.45) is 5.92 Å². The Labute approximate surface area is 111 Å². The summed E-state index contributed by atoms with van der Waals surface area (Å²) in [6.07, 6.45) is 1.35. The first-order valence-electron chi connectivity index (χ1n) is 6.14. The lowest BCUT2D eigenvalue weighted by atomic mass is 10.2. The van der Waals surface area contributed by atoms with Gasteiger partial charge in [0, 0.05) is 24.5 Å². The highest BCUT2D eigenvalue weighted by molar-refractivity contribution is 5.96. The van der Waals surface area contributed by atoms with Gasteiger partial charge < -0.3 is 15.6 Å². The molecule has 0 fully saturated rings. The molecule has 0 aromatic carbocycles. The van der Waals surface area contributed by atoms with E-state index in [0.717, 1.165) is 0 Å². The van der Waals surface area contributed by atoms with E-state index in [9.17, 15) is 14.4 Å². The Kier molecular flexibility index (Phi) is 5.29. The van der Waals surface area contributed by atoms with Gasteiger partial charge in [-0.15, -0.1) is 0 Å². The van der Waals surface area contributed by atoms with Crippen LogP contribution in [-0.4, -0.2) is 29.9 Å². The molecule has 2 amide bonds. The van der Waals surface area contributed by atoms with Crippen molar-refractivity contribution >= 4 is 11.8 Å². The molecule has 0 saturated heterocycles. The van der Waals surface area contributed by atoms with E-state index in [0.29, 0.717) is 18.2 Å². The fourth-order valence-electron chi connectivity index (χ4n) is 1.39. The molecule has 0 aliphatic rings. The van der Waals surface area contributed by atoms with E-state index in [1.54, 1.807) is 6.92 Å². The Morgan fingerprint density at radius 1 is 1.32 bits per heavy atom. The summed E-state index contributed by atoms with van der Waals surface area (Å²) < 4.78 is 0. The van der Waals surface area contributed by atoms with Crippen molar-refractivity contribution in [1.82, 2.24) is 15.6 Å². The van der Waals surface area contributed by atoms with E-state index in [2.05, 4.69) is 15.6 Å². The maximum atomic E-state index is 11.7. The van der Waals surface area contributed by atoms with Crippen molar-refractivity contribution in [1.29, 1.82) is 0 Å². The topological polar surface area (TPSA) is 91.1 Å². The minimum absolute atomic E-state index is 0.00209. The summed E-state index contributed by atoms with van der Waals surface area (Å²) in [5.74, 6) is -0.480. The molecule has 19 heavy (non-hydrogen) atoms. The summed E-state index contributed by atoms with van der Waals surface area (Å²) in [6, 6.07) is 1.34. The number of pyridine rings is 1. The summed E-state index contributed by atoms with van der Waals surface area (Å²) in [5.41, 5.74) is 0.315. The Bertz CT molecular complexity index is 520. The van der Waals surface area contributed by atoms with Crippen molar-refractivity contribution in [2.45, 2.75) is 20.8 Å². The first-order valence-corrected chi connectivity index (χ1v) is 6.14. The molecule has 0 radical (unpaired) electrons. The molecule has 3 N–H and O–H groups in total. The van der Waals surface area contributed by atoms with Crippen molar-refractivity contribution in [3.05, 3.63) is 33.7 Å². The number of rotatable bonds is 5. The van der Waals surface area contributed by atoms with Crippen molar-refractivity contribution in [3.63, 3.8) is 0 Å². The number of carbonyl (C=O) groups excluding carboxylic acids is 2. The van der Waals surface area contributed by atoms with Crippen LogP contribution in [0.15, 0.2) is 17.1 Å². The number of amides is 2. The Balaban J connectivity index is 2.51. The van der Waals surface area contributed by atoms with Gasteiger partial charge in [0.1, 0.15) is 5.56 Å². The van der Waals surface area contributed by atoms with Crippen LogP contribution in [0.3, 0.4) is 0 Å². The number of aromatic amines is 1. The van der Waals surface area contributed by atoms with Gasteiger partial charge in [0.25, 0.3) is 5.91 Å². The first-order chi connectivity index (χ1) is 8.90. The number of nitrogens with one attached hydrogen (secondary N) is 3. The van der Waals surface area contributed by atoms with E-state index in [-0.39, 0.29) is 23.4 Å². The van der Waals surface area contributed by atoms with E-state index < -0.39 is 5.91 Å². The largest absolute Gasteiger partial charge is 0.364 e. The monoisotopic (exact) mass is 265 g/mol. The van der Waals surface area contributed by atoms with E-state index in [4.69, 9.17) is 0 Å². The fourth-order valence-corrected chi connectivity index (χ4v) is 1.39. The Morgan fingerprint density at radius 3 is 2.58 bits per heavy atom. The molecular weight excluding hydrogens is 246 g/mol. The molecule has 0 atom stereocenters. The van der Waals surface area contributed by atoms with Gasteiger partial charge >= 0.3 is 0 Å². The van der Waals surface area contributed by atoms with Gasteiger partial charge in [-0.1, -0.05) is 13.8 Å². The summed E-state index contributed by atoms with van der Waals surface area (Å²) >= 11 is 0. The van der Waals surface area contributed by atoms with Crippen LogP contribution in [0.2, 0.25) is 0 Å². The highest BCUT2D eigenvalue weighted by atomic mass is 16.2. The molecule has 0 unspecified atom stereocenters. The van der Waals surface area contributed by atoms with Gasteiger partial charge in [0.05, 0.1) is 6.54 Å². The SMILES string of the molecule is Cc1cc(=O)c(C(=O)NCC(=O)NCC(C)C)c[nH]1. The van der Waals surface area contributed by atoms with Crippen LogP contribution < -0.4 is 16.1 Å². The molecule has 1 rings (SSSR count). The third-order valence-electron chi connectivity index (χ3n) is 2.42. The number of carbonyl (C=O) groups is 2. The molecule has 6 nitrogen and oxygen atoms in total. The van der Waals surface area contributed by atoms with Crippen LogP contribution in [0.4, 0.5) is 0 Å². The number of aromatic nitrogens is 1. The Hall–Kier alpha value is -2.11. The molecule has 1 heterocycles. The summed E-state index contributed by atoms with van der Waals surface area (Å²) in [5, 5.41) is 5.08.